The molecule has 0 aromatic heterocycles. The van der Waals surface area contributed by atoms with Crippen LogP contribution in [0.1, 0.15) is 31.1 Å². The van der Waals surface area contributed by atoms with Crippen LogP contribution in [0.4, 0.5) is 5.69 Å². The van der Waals surface area contributed by atoms with E-state index in [2.05, 4.69) is 10.6 Å². The topological polar surface area (TPSA) is 145 Å². The fraction of sp³-hybridized carbons (Fsp3) is 0.286. The van der Waals surface area contributed by atoms with Gasteiger partial charge in [0.1, 0.15) is 6.04 Å². The van der Waals surface area contributed by atoms with Crippen LogP contribution >= 0.6 is 0 Å². The van der Waals surface area contributed by atoms with Crippen molar-refractivity contribution < 1.29 is 27.5 Å². The molecule has 2 aromatic carbocycles. The Morgan fingerprint density at radius 2 is 1.52 bits per heavy atom. The van der Waals surface area contributed by atoms with Crippen molar-refractivity contribution in [3.05, 3.63) is 60.2 Å². The minimum absolute atomic E-state index is 0.0982. The van der Waals surface area contributed by atoms with Crippen molar-refractivity contribution in [2.75, 3.05) is 5.32 Å². The first-order chi connectivity index (χ1) is 14.5. The van der Waals surface area contributed by atoms with Crippen LogP contribution in [0.5, 0.6) is 0 Å². The van der Waals surface area contributed by atoms with Crippen LogP contribution in [-0.2, 0) is 24.3 Å². The number of ether oxygens (including phenoxy) is 1. The molecule has 2 rings (SSSR count). The van der Waals surface area contributed by atoms with E-state index in [4.69, 9.17) is 9.88 Å². The van der Waals surface area contributed by atoms with Crippen molar-refractivity contribution in [3.8, 4) is 0 Å². The maximum atomic E-state index is 12.6. The molecule has 0 saturated heterocycles. The zero-order chi connectivity index (χ0) is 23.2. The highest BCUT2D eigenvalue weighted by Gasteiger charge is 2.29. The van der Waals surface area contributed by atoms with Crippen molar-refractivity contribution >= 4 is 33.5 Å². The third-order valence-corrected chi connectivity index (χ3v) is 5.28. The maximum absolute atomic E-state index is 12.6. The van der Waals surface area contributed by atoms with E-state index < -0.39 is 40.0 Å². The number of nitrogens with one attached hydrogen (secondary N) is 2. The number of nitrogens with two attached hydrogens (primary N) is 1. The molecule has 2 aromatic rings. The van der Waals surface area contributed by atoms with Gasteiger partial charge in [0.15, 0.2) is 6.10 Å². The van der Waals surface area contributed by atoms with Crippen LogP contribution in [0.25, 0.3) is 0 Å². The number of sulfonamides is 1. The van der Waals surface area contributed by atoms with Crippen LogP contribution in [-0.4, -0.2) is 38.3 Å². The van der Waals surface area contributed by atoms with Crippen LogP contribution in [0.2, 0.25) is 0 Å². The highest BCUT2D eigenvalue weighted by Crippen LogP contribution is 2.14. The maximum Gasteiger partial charge on any atom is 0.329 e. The Kier molecular flexibility index (Phi) is 7.89. The predicted molar refractivity (Wildman–Crippen MR) is 115 cm³/mol. The number of hydrogen-bond donors (Lipinski definition) is 3. The Morgan fingerprint density at radius 1 is 0.935 bits per heavy atom. The van der Waals surface area contributed by atoms with Gasteiger partial charge in [-0.05, 0) is 49.2 Å². The van der Waals surface area contributed by atoms with E-state index in [1.54, 1.807) is 44.2 Å². The molecule has 10 heteroatoms. The molecule has 0 fully saturated rings. The fourth-order valence-electron chi connectivity index (χ4n) is 2.58. The van der Waals surface area contributed by atoms with Crippen molar-refractivity contribution in [1.82, 2.24) is 5.32 Å². The number of carbonyl (C=O) groups excluding carboxylic acids is 3. The third kappa shape index (κ3) is 6.90. The van der Waals surface area contributed by atoms with E-state index in [-0.39, 0.29) is 10.8 Å². The Bertz CT molecular complexity index is 1040. The lowest BCUT2D eigenvalue weighted by Crippen LogP contribution is -2.47. The molecule has 31 heavy (non-hydrogen) atoms. The van der Waals surface area contributed by atoms with Gasteiger partial charge in [-0.2, -0.15) is 0 Å². The average molecular weight is 448 g/mol. The first-order valence-corrected chi connectivity index (χ1v) is 11.0. The molecule has 4 N–H and O–H groups in total. The predicted octanol–water partition coefficient (Wildman–Crippen LogP) is 1.66. The minimum atomic E-state index is -3.84. The molecule has 0 saturated carbocycles. The standard InChI is InChI=1S/C21H25N3O6S/c1-13(2)18(24-20(26)15-7-5-4-6-8-15)21(27)30-14(3)19(25)23-16-9-11-17(12-10-16)31(22,28)29/h4-14,18H,1-3H3,(H,23,25)(H,24,26)(H2,22,28,29). The molecular weight excluding hydrogens is 422 g/mol. The number of benzene rings is 2. The summed E-state index contributed by atoms with van der Waals surface area (Å²) in [5.41, 5.74) is 0.702. The number of hydrogen-bond acceptors (Lipinski definition) is 6. The summed E-state index contributed by atoms with van der Waals surface area (Å²) in [5, 5.41) is 10.2. The van der Waals surface area contributed by atoms with E-state index in [1.807, 2.05) is 0 Å². The van der Waals surface area contributed by atoms with Crippen molar-refractivity contribution in [2.45, 2.75) is 37.8 Å². The van der Waals surface area contributed by atoms with Crippen LogP contribution < -0.4 is 15.8 Å². The molecule has 2 amide bonds. The monoisotopic (exact) mass is 447 g/mol. The lowest BCUT2D eigenvalue weighted by molar-refractivity contribution is -0.156. The normalized spacial score (nSPS) is 13.2. The molecule has 0 aliphatic rings. The zero-order valence-electron chi connectivity index (χ0n) is 17.4. The van der Waals surface area contributed by atoms with Gasteiger partial charge in [-0.3, -0.25) is 9.59 Å². The Morgan fingerprint density at radius 3 is 2.03 bits per heavy atom. The Labute approximate surface area is 181 Å². The van der Waals surface area contributed by atoms with E-state index >= 15 is 0 Å². The molecule has 0 aliphatic carbocycles. The molecule has 0 heterocycles. The average Bonchev–Trinajstić information content (AvgIpc) is 2.71. The lowest BCUT2D eigenvalue weighted by Gasteiger charge is -2.23. The van der Waals surface area contributed by atoms with Gasteiger partial charge in [-0.15, -0.1) is 0 Å². The number of esters is 1. The molecule has 0 spiro atoms. The minimum Gasteiger partial charge on any atom is -0.451 e. The number of primary sulfonamides is 1. The van der Waals surface area contributed by atoms with Gasteiger partial charge in [0.2, 0.25) is 10.0 Å². The quantitative estimate of drug-likeness (QED) is 0.525. The molecule has 9 nitrogen and oxygen atoms in total. The summed E-state index contributed by atoms with van der Waals surface area (Å²) < 4.78 is 27.8. The van der Waals surface area contributed by atoms with E-state index in [0.717, 1.165) is 0 Å². The van der Waals surface area contributed by atoms with Crippen molar-refractivity contribution in [2.24, 2.45) is 11.1 Å². The summed E-state index contributed by atoms with van der Waals surface area (Å²) in [6.07, 6.45) is -1.15. The van der Waals surface area contributed by atoms with Gasteiger partial charge in [0.05, 0.1) is 4.90 Å². The number of anilines is 1. The second-order valence-corrected chi connectivity index (χ2v) is 8.76. The van der Waals surface area contributed by atoms with Crippen LogP contribution in [0.3, 0.4) is 0 Å². The summed E-state index contributed by atoms with van der Waals surface area (Å²) in [4.78, 5) is 37.2. The second kappa shape index (κ2) is 10.2. The van der Waals surface area contributed by atoms with Crippen molar-refractivity contribution in [3.63, 3.8) is 0 Å². The van der Waals surface area contributed by atoms with Gasteiger partial charge < -0.3 is 15.4 Å². The van der Waals surface area contributed by atoms with E-state index in [0.29, 0.717) is 11.3 Å². The molecular formula is C21H25N3O6S. The molecule has 2 unspecified atom stereocenters. The molecule has 166 valence electrons. The molecule has 0 radical (unpaired) electrons. The summed E-state index contributed by atoms with van der Waals surface area (Å²) in [6, 6.07) is 12.7. The SMILES string of the molecule is CC(OC(=O)C(NC(=O)c1ccccc1)C(C)C)C(=O)Nc1ccc(S(N)(=O)=O)cc1. The van der Waals surface area contributed by atoms with Gasteiger partial charge in [0, 0.05) is 11.3 Å². The molecule has 0 aliphatic heterocycles. The Hall–Kier alpha value is -3.24. The molecule has 0 bridgehead atoms. The number of rotatable bonds is 8. The highest BCUT2D eigenvalue weighted by atomic mass is 32.2. The van der Waals surface area contributed by atoms with E-state index in [9.17, 15) is 22.8 Å². The summed E-state index contributed by atoms with van der Waals surface area (Å²) in [5.74, 6) is -2.07. The first-order valence-electron chi connectivity index (χ1n) is 9.49. The lowest BCUT2D eigenvalue weighted by atomic mass is 10.0. The highest BCUT2D eigenvalue weighted by molar-refractivity contribution is 7.89. The second-order valence-electron chi connectivity index (χ2n) is 7.20. The smallest absolute Gasteiger partial charge is 0.329 e. The van der Waals surface area contributed by atoms with Gasteiger partial charge in [0.25, 0.3) is 11.8 Å². The zero-order valence-corrected chi connectivity index (χ0v) is 18.2. The summed E-state index contributed by atoms with van der Waals surface area (Å²) >= 11 is 0. The van der Waals surface area contributed by atoms with Crippen LogP contribution in [0, 0.1) is 5.92 Å². The van der Waals surface area contributed by atoms with E-state index in [1.165, 1.54) is 31.2 Å². The van der Waals surface area contributed by atoms with Gasteiger partial charge in [-0.1, -0.05) is 32.0 Å². The van der Waals surface area contributed by atoms with Crippen LogP contribution in [0.15, 0.2) is 59.5 Å². The first kappa shape index (κ1) is 24.0. The number of carbonyl (C=O) groups is 3. The summed E-state index contributed by atoms with van der Waals surface area (Å²) in [7, 11) is -3.84. The van der Waals surface area contributed by atoms with Gasteiger partial charge >= 0.3 is 5.97 Å². The Balaban J connectivity index is 1.99. The summed E-state index contributed by atoms with van der Waals surface area (Å²) in [6.45, 7) is 4.88. The van der Waals surface area contributed by atoms with Crippen molar-refractivity contribution in [1.29, 1.82) is 0 Å². The fourth-order valence-corrected chi connectivity index (χ4v) is 3.10. The third-order valence-electron chi connectivity index (χ3n) is 4.36. The number of amides is 2. The molecule has 2 atom stereocenters. The largest absolute Gasteiger partial charge is 0.451 e. The van der Waals surface area contributed by atoms with Gasteiger partial charge in [-0.25, -0.2) is 18.4 Å².